The van der Waals surface area contributed by atoms with E-state index in [0.29, 0.717) is 12.4 Å². The van der Waals surface area contributed by atoms with Gasteiger partial charge in [-0.2, -0.15) is 13.2 Å². The highest BCUT2D eigenvalue weighted by molar-refractivity contribution is 5.30. The molecule has 0 radical (unpaired) electrons. The second-order valence-electron chi connectivity index (χ2n) is 3.28. The maximum absolute atomic E-state index is 12.5. The lowest BCUT2D eigenvalue weighted by atomic mass is 9.99. The van der Waals surface area contributed by atoms with Crippen LogP contribution in [0.15, 0.2) is 24.3 Å². The molecule has 1 atom stereocenters. The standard InChI is InChI=1S/C11H13F3O2/c1-2-16-9-5-3-8(4-6-9)10(7-15)11(12,13)14/h3-6,10,15H,2,7H2,1H3/t10-/m0/s1. The van der Waals surface area contributed by atoms with Crippen LogP contribution >= 0.6 is 0 Å². The van der Waals surface area contributed by atoms with Gasteiger partial charge in [-0.3, -0.25) is 0 Å². The predicted molar refractivity (Wildman–Crippen MR) is 53.5 cm³/mol. The molecule has 0 aliphatic carbocycles. The van der Waals surface area contributed by atoms with Crippen LogP contribution in [0.25, 0.3) is 0 Å². The first-order valence-corrected chi connectivity index (χ1v) is 4.89. The van der Waals surface area contributed by atoms with E-state index in [9.17, 15) is 13.2 Å². The van der Waals surface area contributed by atoms with Crippen molar-refractivity contribution in [1.82, 2.24) is 0 Å². The number of benzene rings is 1. The molecule has 0 bridgehead atoms. The average molecular weight is 234 g/mol. The molecule has 16 heavy (non-hydrogen) atoms. The Hall–Kier alpha value is -1.23. The monoisotopic (exact) mass is 234 g/mol. The van der Waals surface area contributed by atoms with E-state index in [-0.39, 0.29) is 5.56 Å². The first-order chi connectivity index (χ1) is 7.49. The van der Waals surface area contributed by atoms with Gasteiger partial charge in [0.05, 0.1) is 13.2 Å². The molecule has 5 heteroatoms. The number of halogens is 3. The summed E-state index contributed by atoms with van der Waals surface area (Å²) in [5.74, 6) is -1.31. The van der Waals surface area contributed by atoms with Crippen LogP contribution in [-0.4, -0.2) is 24.5 Å². The van der Waals surface area contributed by atoms with Gasteiger partial charge in [-0.1, -0.05) is 12.1 Å². The molecule has 2 nitrogen and oxygen atoms in total. The summed E-state index contributed by atoms with van der Waals surface area (Å²) in [6.07, 6.45) is -4.43. The van der Waals surface area contributed by atoms with E-state index in [4.69, 9.17) is 9.84 Å². The van der Waals surface area contributed by atoms with Crippen molar-refractivity contribution >= 4 is 0 Å². The van der Waals surface area contributed by atoms with Gasteiger partial charge in [-0.25, -0.2) is 0 Å². The highest BCUT2D eigenvalue weighted by Crippen LogP contribution is 2.34. The number of alkyl halides is 3. The van der Waals surface area contributed by atoms with Crippen LogP contribution in [0.1, 0.15) is 18.4 Å². The first-order valence-electron chi connectivity index (χ1n) is 4.89. The van der Waals surface area contributed by atoms with Gasteiger partial charge >= 0.3 is 6.18 Å². The molecule has 0 spiro atoms. The Morgan fingerprint density at radius 2 is 1.81 bits per heavy atom. The molecule has 0 aliphatic rings. The van der Waals surface area contributed by atoms with Gasteiger partial charge in [0.25, 0.3) is 0 Å². The van der Waals surface area contributed by atoms with Crippen molar-refractivity contribution in [3.8, 4) is 5.75 Å². The van der Waals surface area contributed by atoms with Crippen molar-refractivity contribution < 1.29 is 23.0 Å². The largest absolute Gasteiger partial charge is 0.494 e. The number of aliphatic hydroxyl groups is 1. The molecule has 0 unspecified atom stereocenters. The zero-order valence-electron chi connectivity index (χ0n) is 8.79. The van der Waals surface area contributed by atoms with Gasteiger partial charge in [0.15, 0.2) is 0 Å². The maximum Gasteiger partial charge on any atom is 0.397 e. The minimum absolute atomic E-state index is 0.0402. The summed E-state index contributed by atoms with van der Waals surface area (Å²) < 4.78 is 42.5. The van der Waals surface area contributed by atoms with Gasteiger partial charge in [0.1, 0.15) is 11.7 Å². The van der Waals surface area contributed by atoms with Crippen LogP contribution in [0.3, 0.4) is 0 Å². The summed E-state index contributed by atoms with van der Waals surface area (Å²) >= 11 is 0. The maximum atomic E-state index is 12.5. The Balaban J connectivity index is 2.87. The Bertz CT molecular complexity index is 319. The number of rotatable bonds is 4. The summed E-state index contributed by atoms with van der Waals surface area (Å²) in [5, 5.41) is 8.74. The zero-order valence-corrected chi connectivity index (χ0v) is 8.79. The van der Waals surface area contributed by atoms with Crippen LogP contribution in [0, 0.1) is 0 Å². The molecule has 1 aromatic carbocycles. The number of aliphatic hydroxyl groups excluding tert-OH is 1. The van der Waals surface area contributed by atoms with E-state index < -0.39 is 18.7 Å². The average Bonchev–Trinajstić information content (AvgIpc) is 2.20. The van der Waals surface area contributed by atoms with Crippen molar-refractivity contribution in [2.75, 3.05) is 13.2 Å². The first kappa shape index (κ1) is 12.8. The van der Waals surface area contributed by atoms with Crippen LogP contribution < -0.4 is 4.74 Å². The van der Waals surface area contributed by atoms with E-state index >= 15 is 0 Å². The lowest BCUT2D eigenvalue weighted by Crippen LogP contribution is -2.23. The highest BCUT2D eigenvalue weighted by Gasteiger charge is 2.40. The van der Waals surface area contributed by atoms with Gasteiger partial charge in [-0.05, 0) is 24.6 Å². The zero-order chi connectivity index (χ0) is 12.2. The van der Waals surface area contributed by atoms with Crippen molar-refractivity contribution in [3.63, 3.8) is 0 Å². The van der Waals surface area contributed by atoms with E-state index in [0.717, 1.165) is 0 Å². The second kappa shape index (κ2) is 5.21. The van der Waals surface area contributed by atoms with Crippen molar-refractivity contribution in [3.05, 3.63) is 29.8 Å². The van der Waals surface area contributed by atoms with Crippen molar-refractivity contribution in [2.45, 2.75) is 19.0 Å². The lowest BCUT2D eigenvalue weighted by Gasteiger charge is -2.18. The van der Waals surface area contributed by atoms with Gasteiger partial charge < -0.3 is 9.84 Å². The Labute approximate surface area is 91.7 Å². The molecule has 0 saturated heterocycles. The van der Waals surface area contributed by atoms with E-state index in [1.165, 1.54) is 24.3 Å². The Morgan fingerprint density at radius 3 is 2.19 bits per heavy atom. The smallest absolute Gasteiger partial charge is 0.397 e. The van der Waals surface area contributed by atoms with Crippen LogP contribution in [0.2, 0.25) is 0 Å². The molecular weight excluding hydrogens is 221 g/mol. The molecule has 0 amide bonds. The van der Waals surface area contributed by atoms with E-state index in [1.807, 2.05) is 0 Å². The Morgan fingerprint density at radius 1 is 1.25 bits per heavy atom. The summed E-state index contributed by atoms with van der Waals surface area (Å²) in [7, 11) is 0. The molecule has 90 valence electrons. The fraction of sp³-hybridized carbons (Fsp3) is 0.455. The minimum Gasteiger partial charge on any atom is -0.494 e. The molecule has 0 aliphatic heterocycles. The van der Waals surface area contributed by atoms with Crippen molar-refractivity contribution in [1.29, 1.82) is 0 Å². The number of hydrogen-bond donors (Lipinski definition) is 1. The molecule has 0 heterocycles. The highest BCUT2D eigenvalue weighted by atomic mass is 19.4. The van der Waals surface area contributed by atoms with E-state index in [2.05, 4.69) is 0 Å². The summed E-state index contributed by atoms with van der Waals surface area (Å²) in [6.45, 7) is 1.31. The van der Waals surface area contributed by atoms with Gasteiger partial charge in [0.2, 0.25) is 0 Å². The molecule has 0 fully saturated rings. The third kappa shape index (κ3) is 3.13. The number of ether oxygens (including phenoxy) is 1. The molecule has 0 saturated carbocycles. The normalized spacial score (nSPS) is 13.6. The third-order valence-corrected chi connectivity index (χ3v) is 2.17. The minimum atomic E-state index is -4.43. The van der Waals surface area contributed by atoms with Crippen LogP contribution in [0.5, 0.6) is 5.75 Å². The summed E-state index contributed by atoms with van der Waals surface area (Å²) in [4.78, 5) is 0. The fourth-order valence-corrected chi connectivity index (χ4v) is 1.36. The number of hydrogen-bond acceptors (Lipinski definition) is 2. The second-order valence-corrected chi connectivity index (χ2v) is 3.28. The topological polar surface area (TPSA) is 29.5 Å². The Kier molecular flexibility index (Phi) is 4.18. The lowest BCUT2D eigenvalue weighted by molar-refractivity contribution is -0.158. The summed E-state index contributed by atoms with van der Waals surface area (Å²) in [5.41, 5.74) is 0.0402. The van der Waals surface area contributed by atoms with Crippen LogP contribution in [0.4, 0.5) is 13.2 Å². The van der Waals surface area contributed by atoms with Crippen LogP contribution in [-0.2, 0) is 0 Å². The van der Waals surface area contributed by atoms with Crippen molar-refractivity contribution in [2.24, 2.45) is 0 Å². The SMILES string of the molecule is CCOc1ccc([C@H](CO)C(F)(F)F)cc1. The predicted octanol–water partition coefficient (Wildman–Crippen LogP) is 2.72. The molecular formula is C11H13F3O2. The fourth-order valence-electron chi connectivity index (χ4n) is 1.36. The van der Waals surface area contributed by atoms with Gasteiger partial charge in [-0.15, -0.1) is 0 Å². The van der Waals surface area contributed by atoms with E-state index in [1.54, 1.807) is 6.92 Å². The molecule has 1 N–H and O–H groups in total. The van der Waals surface area contributed by atoms with Gasteiger partial charge in [0, 0.05) is 0 Å². The molecule has 1 rings (SSSR count). The molecule has 1 aromatic rings. The third-order valence-electron chi connectivity index (χ3n) is 2.17. The molecule has 0 aromatic heterocycles. The summed E-state index contributed by atoms with van der Waals surface area (Å²) in [6, 6.07) is 5.57. The quantitative estimate of drug-likeness (QED) is 0.867.